The van der Waals surface area contributed by atoms with Gasteiger partial charge in [-0.25, -0.2) is 0 Å². The third kappa shape index (κ3) is 4.51. The Hall–Kier alpha value is -0.510. The van der Waals surface area contributed by atoms with E-state index in [9.17, 15) is 5.11 Å². The summed E-state index contributed by atoms with van der Waals surface area (Å²) in [4.78, 5) is 3.76. The van der Waals surface area contributed by atoms with E-state index < -0.39 is 0 Å². The Bertz CT molecular complexity index is 396. The highest BCUT2D eigenvalue weighted by atomic mass is 32.2. The van der Waals surface area contributed by atoms with Crippen LogP contribution in [0.15, 0.2) is 29.2 Å². The predicted octanol–water partition coefficient (Wildman–Crippen LogP) is 3.81. The number of benzene rings is 1. The van der Waals surface area contributed by atoms with Gasteiger partial charge in [0.1, 0.15) is 0 Å². The van der Waals surface area contributed by atoms with E-state index in [1.54, 1.807) is 11.8 Å². The van der Waals surface area contributed by atoms with Crippen LogP contribution in [0.2, 0.25) is 0 Å². The maximum absolute atomic E-state index is 10.3. The van der Waals surface area contributed by atoms with Gasteiger partial charge in [0, 0.05) is 24.5 Å². The highest BCUT2D eigenvalue weighted by Crippen LogP contribution is 2.24. The molecule has 1 aromatic carbocycles. The second-order valence-electron chi connectivity index (χ2n) is 6.28. The minimum Gasteiger partial charge on any atom is -0.388 e. The molecule has 0 aliphatic carbocycles. The van der Waals surface area contributed by atoms with Crippen molar-refractivity contribution >= 4 is 11.8 Å². The first-order valence-electron chi connectivity index (χ1n) is 7.63. The number of likely N-dealkylation sites (tertiary alicyclic amines) is 1. The van der Waals surface area contributed by atoms with Crippen molar-refractivity contribution < 1.29 is 5.11 Å². The topological polar surface area (TPSA) is 23.5 Å². The molecule has 20 heavy (non-hydrogen) atoms. The van der Waals surface area contributed by atoms with Gasteiger partial charge in [-0.15, -0.1) is 11.8 Å². The van der Waals surface area contributed by atoms with Crippen molar-refractivity contribution in [3.8, 4) is 0 Å². The maximum atomic E-state index is 10.3. The van der Waals surface area contributed by atoms with Crippen LogP contribution in [0, 0.1) is 11.8 Å². The number of aliphatic hydroxyl groups excluding tert-OH is 1. The van der Waals surface area contributed by atoms with Crippen LogP contribution in [0.3, 0.4) is 0 Å². The molecule has 1 fully saturated rings. The van der Waals surface area contributed by atoms with E-state index >= 15 is 0 Å². The number of nitrogens with zero attached hydrogens (tertiary/aromatic N) is 1. The average molecular weight is 293 g/mol. The lowest BCUT2D eigenvalue weighted by atomic mass is 9.91. The van der Waals surface area contributed by atoms with E-state index in [0.717, 1.165) is 30.4 Å². The molecule has 0 aromatic heterocycles. The molecule has 0 saturated carbocycles. The van der Waals surface area contributed by atoms with E-state index in [1.807, 2.05) is 0 Å². The SMILES string of the molecule is CSc1ccc(C(O)CCN2CC(C)CC(C)C2)cc1. The fourth-order valence-electron chi connectivity index (χ4n) is 3.27. The Labute approximate surface area is 127 Å². The Morgan fingerprint density at radius 2 is 1.80 bits per heavy atom. The molecule has 1 heterocycles. The van der Waals surface area contributed by atoms with Crippen LogP contribution in [-0.4, -0.2) is 35.9 Å². The second-order valence-corrected chi connectivity index (χ2v) is 7.16. The zero-order valence-corrected chi connectivity index (χ0v) is 13.7. The predicted molar refractivity (Wildman–Crippen MR) is 87.2 cm³/mol. The number of hydrogen-bond acceptors (Lipinski definition) is 3. The molecular formula is C17H27NOS. The molecule has 0 bridgehead atoms. The zero-order chi connectivity index (χ0) is 14.5. The Kier molecular flexibility index (Phi) is 5.94. The number of aliphatic hydroxyl groups is 1. The summed E-state index contributed by atoms with van der Waals surface area (Å²) in [5.74, 6) is 1.58. The molecule has 0 amide bonds. The van der Waals surface area contributed by atoms with Crippen LogP contribution in [0.25, 0.3) is 0 Å². The largest absolute Gasteiger partial charge is 0.388 e. The van der Waals surface area contributed by atoms with Gasteiger partial charge in [-0.3, -0.25) is 0 Å². The van der Waals surface area contributed by atoms with E-state index in [2.05, 4.69) is 49.3 Å². The van der Waals surface area contributed by atoms with Crippen molar-refractivity contribution in [2.45, 2.75) is 37.7 Å². The second kappa shape index (κ2) is 7.48. The average Bonchev–Trinajstić information content (AvgIpc) is 2.44. The smallest absolute Gasteiger partial charge is 0.0802 e. The molecule has 1 aliphatic heterocycles. The van der Waals surface area contributed by atoms with Crippen LogP contribution in [-0.2, 0) is 0 Å². The number of rotatable bonds is 5. The first-order valence-corrected chi connectivity index (χ1v) is 8.85. The van der Waals surface area contributed by atoms with Gasteiger partial charge in [-0.1, -0.05) is 26.0 Å². The lowest BCUT2D eigenvalue weighted by Crippen LogP contribution is -2.39. The fraction of sp³-hybridized carbons (Fsp3) is 0.647. The van der Waals surface area contributed by atoms with Crippen LogP contribution in [0.5, 0.6) is 0 Å². The van der Waals surface area contributed by atoms with Gasteiger partial charge >= 0.3 is 0 Å². The van der Waals surface area contributed by atoms with Gasteiger partial charge < -0.3 is 10.0 Å². The summed E-state index contributed by atoms with van der Waals surface area (Å²) >= 11 is 1.74. The normalized spacial score (nSPS) is 25.6. The molecule has 1 aromatic rings. The van der Waals surface area contributed by atoms with Crippen LogP contribution in [0.1, 0.15) is 38.4 Å². The lowest BCUT2D eigenvalue weighted by Gasteiger charge is -2.35. The van der Waals surface area contributed by atoms with Gasteiger partial charge in [-0.05, 0) is 48.6 Å². The van der Waals surface area contributed by atoms with Gasteiger partial charge in [-0.2, -0.15) is 0 Å². The van der Waals surface area contributed by atoms with Crippen molar-refractivity contribution in [1.82, 2.24) is 4.90 Å². The highest BCUT2D eigenvalue weighted by Gasteiger charge is 2.22. The molecule has 3 atom stereocenters. The Morgan fingerprint density at radius 1 is 1.20 bits per heavy atom. The highest BCUT2D eigenvalue weighted by molar-refractivity contribution is 7.98. The van der Waals surface area contributed by atoms with Crippen LogP contribution in [0.4, 0.5) is 0 Å². The van der Waals surface area contributed by atoms with Gasteiger partial charge in [0.2, 0.25) is 0 Å². The molecule has 0 spiro atoms. The third-order valence-corrected chi connectivity index (χ3v) is 4.91. The molecule has 1 N–H and O–H groups in total. The summed E-state index contributed by atoms with van der Waals surface area (Å²) in [7, 11) is 0. The lowest BCUT2D eigenvalue weighted by molar-refractivity contribution is 0.103. The zero-order valence-electron chi connectivity index (χ0n) is 12.9. The molecule has 2 rings (SSSR count). The fourth-order valence-corrected chi connectivity index (χ4v) is 3.68. The molecule has 112 valence electrons. The van der Waals surface area contributed by atoms with E-state index in [-0.39, 0.29) is 6.10 Å². The number of thioether (sulfide) groups is 1. The van der Waals surface area contributed by atoms with Gasteiger partial charge in [0.25, 0.3) is 0 Å². The third-order valence-electron chi connectivity index (χ3n) is 4.16. The van der Waals surface area contributed by atoms with Crippen molar-refractivity contribution in [3.05, 3.63) is 29.8 Å². The summed E-state index contributed by atoms with van der Waals surface area (Å²) in [6, 6.07) is 8.29. The van der Waals surface area contributed by atoms with Crippen molar-refractivity contribution in [1.29, 1.82) is 0 Å². The first-order chi connectivity index (χ1) is 9.58. The van der Waals surface area contributed by atoms with Crippen molar-refractivity contribution in [2.24, 2.45) is 11.8 Å². The molecule has 3 heteroatoms. The van der Waals surface area contributed by atoms with Gasteiger partial charge in [0.15, 0.2) is 0 Å². The minimum atomic E-state index is -0.335. The van der Waals surface area contributed by atoms with E-state index in [1.165, 1.54) is 24.4 Å². The maximum Gasteiger partial charge on any atom is 0.0802 e. The van der Waals surface area contributed by atoms with E-state index in [4.69, 9.17) is 0 Å². The summed E-state index contributed by atoms with van der Waals surface area (Å²) < 4.78 is 0. The minimum absolute atomic E-state index is 0.335. The van der Waals surface area contributed by atoms with Crippen molar-refractivity contribution in [2.75, 3.05) is 25.9 Å². The Balaban J connectivity index is 1.83. The molecule has 1 saturated heterocycles. The summed E-state index contributed by atoms with van der Waals surface area (Å²) in [5, 5.41) is 10.3. The molecule has 1 aliphatic rings. The summed E-state index contributed by atoms with van der Waals surface area (Å²) in [6.45, 7) is 8.03. The molecular weight excluding hydrogens is 266 g/mol. The quantitative estimate of drug-likeness (QED) is 0.835. The first kappa shape index (κ1) is 15.9. The summed E-state index contributed by atoms with van der Waals surface area (Å²) in [6.07, 6.45) is 3.91. The number of hydrogen-bond donors (Lipinski definition) is 1. The molecule has 3 unspecified atom stereocenters. The molecule has 2 nitrogen and oxygen atoms in total. The standard InChI is InChI=1S/C17H27NOS/c1-13-10-14(2)12-18(11-13)9-8-17(19)15-4-6-16(20-3)7-5-15/h4-7,13-14,17,19H,8-12H2,1-3H3. The van der Waals surface area contributed by atoms with Crippen LogP contribution >= 0.6 is 11.8 Å². The van der Waals surface area contributed by atoms with E-state index in [0.29, 0.717) is 0 Å². The molecule has 0 radical (unpaired) electrons. The monoisotopic (exact) mass is 293 g/mol. The Morgan fingerprint density at radius 3 is 2.35 bits per heavy atom. The van der Waals surface area contributed by atoms with Crippen LogP contribution < -0.4 is 0 Å². The summed E-state index contributed by atoms with van der Waals surface area (Å²) in [5.41, 5.74) is 1.04. The van der Waals surface area contributed by atoms with Gasteiger partial charge in [0.05, 0.1) is 6.10 Å². The van der Waals surface area contributed by atoms with Crippen molar-refractivity contribution in [3.63, 3.8) is 0 Å². The number of piperidine rings is 1.